The Bertz CT molecular complexity index is 800. The molecule has 2 amide bonds. The SMILES string of the molecule is NC(=O)[C@@H]1CCCN(C(=O)CSc2nnc(-c3cccs3)n2C2CC2)C1. The van der Waals surface area contributed by atoms with Crippen LogP contribution in [0.4, 0.5) is 0 Å². The van der Waals surface area contributed by atoms with Crippen molar-refractivity contribution in [1.29, 1.82) is 0 Å². The highest BCUT2D eigenvalue weighted by Crippen LogP contribution is 2.41. The average molecular weight is 392 g/mol. The summed E-state index contributed by atoms with van der Waals surface area (Å²) in [6.45, 7) is 1.13. The van der Waals surface area contributed by atoms with Crippen LogP contribution < -0.4 is 5.73 Å². The van der Waals surface area contributed by atoms with Crippen molar-refractivity contribution in [1.82, 2.24) is 19.7 Å². The molecule has 1 saturated heterocycles. The molecule has 7 nitrogen and oxygen atoms in total. The Morgan fingerprint density at radius 3 is 2.85 bits per heavy atom. The number of thioether (sulfide) groups is 1. The molecule has 1 saturated carbocycles. The first-order valence-electron chi connectivity index (χ1n) is 8.82. The van der Waals surface area contributed by atoms with E-state index in [9.17, 15) is 9.59 Å². The molecule has 2 N–H and O–H groups in total. The Hall–Kier alpha value is -1.87. The summed E-state index contributed by atoms with van der Waals surface area (Å²) in [5.74, 6) is 0.691. The van der Waals surface area contributed by atoms with E-state index in [1.807, 2.05) is 17.5 Å². The van der Waals surface area contributed by atoms with E-state index in [0.29, 0.717) is 24.9 Å². The highest BCUT2D eigenvalue weighted by atomic mass is 32.2. The van der Waals surface area contributed by atoms with E-state index in [0.717, 1.165) is 41.5 Å². The number of hydrogen-bond acceptors (Lipinski definition) is 6. The van der Waals surface area contributed by atoms with Crippen LogP contribution in [-0.2, 0) is 9.59 Å². The molecule has 2 fully saturated rings. The van der Waals surface area contributed by atoms with Gasteiger partial charge in [-0.05, 0) is 37.1 Å². The maximum absolute atomic E-state index is 12.6. The van der Waals surface area contributed by atoms with E-state index in [1.54, 1.807) is 16.2 Å². The largest absolute Gasteiger partial charge is 0.369 e. The summed E-state index contributed by atoms with van der Waals surface area (Å²) in [6, 6.07) is 4.49. The summed E-state index contributed by atoms with van der Waals surface area (Å²) < 4.78 is 2.17. The summed E-state index contributed by atoms with van der Waals surface area (Å²) >= 11 is 3.08. The van der Waals surface area contributed by atoms with E-state index in [-0.39, 0.29) is 17.7 Å². The Kier molecular flexibility index (Phi) is 4.99. The highest BCUT2D eigenvalue weighted by molar-refractivity contribution is 7.99. The smallest absolute Gasteiger partial charge is 0.233 e. The fraction of sp³-hybridized carbons (Fsp3) is 0.529. The van der Waals surface area contributed by atoms with E-state index in [1.165, 1.54) is 11.8 Å². The zero-order valence-electron chi connectivity index (χ0n) is 14.3. The molecule has 2 aromatic rings. The van der Waals surface area contributed by atoms with Crippen molar-refractivity contribution in [3.63, 3.8) is 0 Å². The van der Waals surface area contributed by atoms with Crippen LogP contribution in [0.5, 0.6) is 0 Å². The van der Waals surface area contributed by atoms with E-state index < -0.39 is 0 Å². The van der Waals surface area contributed by atoms with Crippen LogP contribution in [0.3, 0.4) is 0 Å². The molecule has 1 aliphatic heterocycles. The number of amides is 2. The van der Waals surface area contributed by atoms with Crippen molar-refractivity contribution in [2.75, 3.05) is 18.8 Å². The zero-order chi connectivity index (χ0) is 18.1. The zero-order valence-corrected chi connectivity index (χ0v) is 16.0. The molecule has 0 bridgehead atoms. The van der Waals surface area contributed by atoms with Crippen molar-refractivity contribution < 1.29 is 9.59 Å². The first-order valence-corrected chi connectivity index (χ1v) is 10.7. The summed E-state index contributed by atoms with van der Waals surface area (Å²) in [5, 5.41) is 11.5. The summed E-state index contributed by atoms with van der Waals surface area (Å²) in [7, 11) is 0. The van der Waals surface area contributed by atoms with Gasteiger partial charge in [-0.3, -0.25) is 14.2 Å². The van der Waals surface area contributed by atoms with Gasteiger partial charge in [0.25, 0.3) is 0 Å². The minimum atomic E-state index is -0.316. The topological polar surface area (TPSA) is 94.1 Å². The number of piperidine rings is 1. The van der Waals surface area contributed by atoms with Crippen LogP contribution in [0, 0.1) is 5.92 Å². The molecule has 4 rings (SSSR count). The summed E-state index contributed by atoms with van der Waals surface area (Å²) in [6.07, 6.45) is 3.85. The lowest BCUT2D eigenvalue weighted by Crippen LogP contribution is -2.44. The molecule has 0 aromatic carbocycles. The van der Waals surface area contributed by atoms with Gasteiger partial charge in [0, 0.05) is 19.1 Å². The summed E-state index contributed by atoms with van der Waals surface area (Å²) in [5.41, 5.74) is 5.40. The fourth-order valence-corrected chi connectivity index (χ4v) is 4.88. The highest BCUT2D eigenvalue weighted by Gasteiger charge is 2.31. The van der Waals surface area contributed by atoms with Crippen molar-refractivity contribution in [2.24, 2.45) is 11.7 Å². The van der Waals surface area contributed by atoms with E-state index >= 15 is 0 Å². The van der Waals surface area contributed by atoms with Gasteiger partial charge in [-0.1, -0.05) is 17.8 Å². The van der Waals surface area contributed by atoms with Gasteiger partial charge in [0.1, 0.15) is 0 Å². The van der Waals surface area contributed by atoms with Crippen LogP contribution >= 0.6 is 23.1 Å². The molecule has 1 aliphatic carbocycles. The van der Waals surface area contributed by atoms with E-state index in [4.69, 9.17) is 5.73 Å². The maximum Gasteiger partial charge on any atom is 0.233 e. The first kappa shape index (κ1) is 17.5. The molecular formula is C17H21N5O2S2. The molecule has 0 spiro atoms. The van der Waals surface area contributed by atoms with Crippen molar-refractivity contribution in [3.8, 4) is 10.7 Å². The third-order valence-corrected chi connectivity index (χ3v) is 6.61. The Labute approximate surface area is 160 Å². The second-order valence-corrected chi connectivity index (χ2v) is 8.64. The number of carbonyl (C=O) groups is 2. The third kappa shape index (κ3) is 3.64. The number of primary amides is 1. The number of nitrogens with two attached hydrogens (primary N) is 1. The Morgan fingerprint density at radius 2 is 2.15 bits per heavy atom. The van der Waals surface area contributed by atoms with Crippen molar-refractivity contribution >= 4 is 34.9 Å². The predicted molar refractivity (Wildman–Crippen MR) is 101 cm³/mol. The molecule has 3 heterocycles. The Morgan fingerprint density at radius 1 is 1.31 bits per heavy atom. The van der Waals surface area contributed by atoms with Gasteiger partial charge in [-0.25, -0.2) is 0 Å². The summed E-state index contributed by atoms with van der Waals surface area (Å²) in [4.78, 5) is 26.8. The molecular weight excluding hydrogens is 370 g/mol. The van der Waals surface area contributed by atoms with Gasteiger partial charge in [0.2, 0.25) is 11.8 Å². The van der Waals surface area contributed by atoms with Gasteiger partial charge in [0.05, 0.1) is 16.5 Å². The van der Waals surface area contributed by atoms with Crippen LogP contribution in [0.15, 0.2) is 22.7 Å². The molecule has 2 aliphatic rings. The lowest BCUT2D eigenvalue weighted by Gasteiger charge is -2.31. The second-order valence-electron chi connectivity index (χ2n) is 6.75. The van der Waals surface area contributed by atoms with Gasteiger partial charge >= 0.3 is 0 Å². The van der Waals surface area contributed by atoms with Crippen LogP contribution in [0.25, 0.3) is 10.7 Å². The van der Waals surface area contributed by atoms with Crippen LogP contribution in [0.2, 0.25) is 0 Å². The van der Waals surface area contributed by atoms with Gasteiger partial charge in [-0.2, -0.15) is 0 Å². The fourth-order valence-electron chi connectivity index (χ4n) is 3.26. The number of rotatable bonds is 6. The standard InChI is InChI=1S/C17H21N5O2S2/c18-15(24)11-3-1-7-21(9-11)14(23)10-26-17-20-19-16(13-4-2-8-25-13)22(17)12-5-6-12/h2,4,8,11-12H,1,3,5-7,9-10H2,(H2,18,24)/t11-/m1/s1. The molecule has 0 unspecified atom stereocenters. The number of hydrogen-bond donors (Lipinski definition) is 1. The van der Waals surface area contributed by atoms with Crippen molar-refractivity contribution in [2.45, 2.75) is 36.9 Å². The quantitative estimate of drug-likeness (QED) is 0.762. The number of aromatic nitrogens is 3. The average Bonchev–Trinajstić information content (AvgIpc) is 3.18. The monoisotopic (exact) mass is 391 g/mol. The molecule has 0 radical (unpaired) electrons. The molecule has 1 atom stereocenters. The van der Waals surface area contributed by atoms with E-state index in [2.05, 4.69) is 14.8 Å². The molecule has 26 heavy (non-hydrogen) atoms. The maximum atomic E-state index is 12.6. The second kappa shape index (κ2) is 7.40. The molecule has 9 heteroatoms. The van der Waals surface area contributed by atoms with Crippen molar-refractivity contribution in [3.05, 3.63) is 17.5 Å². The lowest BCUT2D eigenvalue weighted by molar-refractivity contribution is -0.132. The van der Waals surface area contributed by atoms with Crippen LogP contribution in [0.1, 0.15) is 31.7 Å². The predicted octanol–water partition coefficient (Wildman–Crippen LogP) is 2.16. The number of likely N-dealkylation sites (tertiary alicyclic amines) is 1. The minimum Gasteiger partial charge on any atom is -0.369 e. The van der Waals surface area contributed by atoms with Gasteiger partial charge in [0.15, 0.2) is 11.0 Å². The van der Waals surface area contributed by atoms with Gasteiger partial charge in [-0.15, -0.1) is 21.5 Å². The number of thiophene rings is 1. The Balaban J connectivity index is 1.43. The van der Waals surface area contributed by atoms with Crippen LogP contribution in [-0.4, -0.2) is 50.3 Å². The number of nitrogens with zero attached hydrogens (tertiary/aromatic N) is 4. The normalized spacial score (nSPS) is 20.3. The first-order chi connectivity index (χ1) is 12.6. The molecule has 2 aromatic heterocycles. The minimum absolute atomic E-state index is 0.0315. The third-order valence-electron chi connectivity index (χ3n) is 4.82. The lowest BCUT2D eigenvalue weighted by atomic mass is 9.97. The molecule has 138 valence electrons. The van der Waals surface area contributed by atoms with Gasteiger partial charge < -0.3 is 10.6 Å². The number of carbonyl (C=O) groups excluding carboxylic acids is 2.